The molecule has 1 aliphatic rings. The number of fused-ring (bicyclic) bond motifs is 1. The molecular weight excluding hydrogens is 369 g/mol. The van der Waals surface area contributed by atoms with Crippen LogP contribution in [0.4, 0.5) is 15.9 Å². The van der Waals surface area contributed by atoms with Crippen LogP contribution in [0.3, 0.4) is 0 Å². The van der Waals surface area contributed by atoms with Crippen molar-refractivity contribution < 1.29 is 9.13 Å². The second-order valence-corrected chi connectivity index (χ2v) is 6.37. The normalized spacial score (nSPS) is 12.8. The number of ether oxygens (including phenoxy) is 1. The number of nitrogens with zero attached hydrogens (tertiary/aromatic N) is 5. The van der Waals surface area contributed by atoms with E-state index in [2.05, 4.69) is 19.9 Å². The Kier molecular flexibility index (Phi) is 4.68. The molecule has 27 heavy (non-hydrogen) atoms. The highest BCUT2D eigenvalue weighted by atomic mass is 35.5. The summed E-state index contributed by atoms with van der Waals surface area (Å²) in [6.45, 7) is 2.54. The van der Waals surface area contributed by atoms with Crippen LogP contribution in [0.1, 0.15) is 16.8 Å². The van der Waals surface area contributed by atoms with Crippen molar-refractivity contribution in [2.75, 3.05) is 4.90 Å². The van der Waals surface area contributed by atoms with E-state index in [4.69, 9.17) is 16.3 Å². The van der Waals surface area contributed by atoms with Gasteiger partial charge in [0.05, 0.1) is 18.4 Å². The Hall–Kier alpha value is -3.06. The van der Waals surface area contributed by atoms with Crippen LogP contribution in [-0.2, 0) is 13.2 Å². The highest BCUT2D eigenvalue weighted by Crippen LogP contribution is 2.32. The average molecular weight is 384 g/mol. The van der Waals surface area contributed by atoms with Gasteiger partial charge in [0.25, 0.3) is 0 Å². The molecule has 0 saturated heterocycles. The van der Waals surface area contributed by atoms with Gasteiger partial charge in [-0.15, -0.1) is 0 Å². The lowest BCUT2D eigenvalue weighted by Crippen LogP contribution is -2.24. The molecule has 0 unspecified atom stereocenters. The number of rotatable bonds is 4. The van der Waals surface area contributed by atoms with E-state index < -0.39 is 0 Å². The van der Waals surface area contributed by atoms with E-state index in [1.54, 1.807) is 12.4 Å². The molecule has 6 nitrogen and oxygen atoms in total. The predicted octanol–water partition coefficient (Wildman–Crippen LogP) is 4.23. The van der Waals surface area contributed by atoms with Gasteiger partial charge in [-0.05, 0) is 30.7 Å². The third-order valence-electron chi connectivity index (χ3n) is 4.22. The van der Waals surface area contributed by atoms with Crippen molar-refractivity contribution in [1.82, 2.24) is 15.0 Å². The molecule has 4 rings (SSSR count). The van der Waals surface area contributed by atoms with Crippen molar-refractivity contribution in [3.05, 3.63) is 70.6 Å². The van der Waals surface area contributed by atoms with Crippen LogP contribution in [0.2, 0.25) is 5.15 Å². The number of hydrogen-bond acceptors (Lipinski definition) is 6. The maximum Gasteiger partial charge on any atom is 0.163 e. The van der Waals surface area contributed by atoms with Crippen molar-refractivity contribution in [3.8, 4) is 5.75 Å². The average Bonchev–Trinajstić information content (AvgIpc) is 2.68. The topological polar surface area (TPSA) is 63.5 Å². The number of hydrogen-bond donors (Lipinski definition) is 0. The lowest BCUT2D eigenvalue weighted by atomic mass is 10.1. The molecular formula is C19H15ClFN5O. The molecule has 0 atom stereocenters. The molecule has 0 N–H and O–H groups in total. The Morgan fingerprint density at radius 3 is 2.96 bits per heavy atom. The molecule has 0 bridgehead atoms. The van der Waals surface area contributed by atoms with Crippen molar-refractivity contribution in [3.63, 3.8) is 0 Å². The molecule has 0 aliphatic carbocycles. The molecule has 136 valence electrons. The van der Waals surface area contributed by atoms with E-state index in [0.717, 1.165) is 16.8 Å². The van der Waals surface area contributed by atoms with Crippen LogP contribution < -0.4 is 9.64 Å². The molecule has 1 aliphatic heterocycles. The molecule has 0 amide bonds. The maximum atomic E-state index is 13.7. The van der Waals surface area contributed by atoms with Crippen LogP contribution in [0.25, 0.3) is 0 Å². The molecule has 3 aromatic rings. The fourth-order valence-corrected chi connectivity index (χ4v) is 2.97. The van der Waals surface area contributed by atoms with E-state index in [-0.39, 0.29) is 18.1 Å². The smallest absolute Gasteiger partial charge is 0.163 e. The van der Waals surface area contributed by atoms with Gasteiger partial charge in [0.2, 0.25) is 0 Å². The zero-order valence-electron chi connectivity index (χ0n) is 14.4. The number of pyridine rings is 1. The summed E-state index contributed by atoms with van der Waals surface area (Å²) in [5, 5.41) is 0.387. The first kappa shape index (κ1) is 17.4. The van der Waals surface area contributed by atoms with Gasteiger partial charge in [-0.3, -0.25) is 4.98 Å². The van der Waals surface area contributed by atoms with Gasteiger partial charge in [-0.1, -0.05) is 17.7 Å². The lowest BCUT2D eigenvalue weighted by Gasteiger charge is -2.26. The Balaban J connectivity index is 1.57. The van der Waals surface area contributed by atoms with E-state index in [0.29, 0.717) is 23.3 Å². The van der Waals surface area contributed by atoms with Gasteiger partial charge >= 0.3 is 0 Å². The molecule has 0 saturated carbocycles. The molecule has 0 fully saturated rings. The van der Waals surface area contributed by atoms with Gasteiger partial charge in [0.1, 0.15) is 35.3 Å². The van der Waals surface area contributed by atoms with Crippen LogP contribution in [0.5, 0.6) is 5.75 Å². The van der Waals surface area contributed by atoms with Crippen molar-refractivity contribution in [2.24, 2.45) is 4.99 Å². The number of aryl methyl sites for hydroxylation is 1. The summed E-state index contributed by atoms with van der Waals surface area (Å²) in [6.07, 6.45) is 4.64. The summed E-state index contributed by atoms with van der Waals surface area (Å²) >= 11 is 6.18. The van der Waals surface area contributed by atoms with Crippen LogP contribution in [-0.4, -0.2) is 21.3 Å². The standard InChI is InChI=1S/C19H15ClFN5O/c1-12-4-5-13(27-9-16-15(21)3-2-6-22-16)7-17(12)26-8-14-18(20)23-10-24-19(14)25-11-26/h2-7,10-11H,8-9H2,1H3. The first-order valence-corrected chi connectivity index (χ1v) is 8.62. The molecule has 2 aromatic heterocycles. The Morgan fingerprint density at radius 1 is 1.22 bits per heavy atom. The Morgan fingerprint density at radius 2 is 2.11 bits per heavy atom. The minimum Gasteiger partial charge on any atom is -0.487 e. The molecule has 1 aromatic carbocycles. The largest absolute Gasteiger partial charge is 0.487 e. The molecule has 8 heteroatoms. The predicted molar refractivity (Wildman–Crippen MR) is 101 cm³/mol. The van der Waals surface area contributed by atoms with Gasteiger partial charge in [0.15, 0.2) is 5.82 Å². The second-order valence-electron chi connectivity index (χ2n) is 6.01. The quantitative estimate of drug-likeness (QED) is 0.631. The number of benzene rings is 1. The number of anilines is 1. The number of halogens is 2. The van der Waals surface area contributed by atoms with E-state index in [1.807, 2.05) is 30.0 Å². The Labute approximate surface area is 160 Å². The van der Waals surface area contributed by atoms with E-state index in [9.17, 15) is 4.39 Å². The summed E-state index contributed by atoms with van der Waals surface area (Å²) < 4.78 is 19.4. The zero-order chi connectivity index (χ0) is 18.8. The highest BCUT2D eigenvalue weighted by molar-refractivity contribution is 6.30. The lowest BCUT2D eigenvalue weighted by molar-refractivity contribution is 0.294. The number of aliphatic imine (C=N–C) groups is 1. The summed E-state index contributed by atoms with van der Waals surface area (Å²) in [5.74, 6) is 0.788. The van der Waals surface area contributed by atoms with Gasteiger partial charge < -0.3 is 9.64 Å². The van der Waals surface area contributed by atoms with Gasteiger partial charge in [-0.2, -0.15) is 0 Å². The molecule has 0 radical (unpaired) electrons. The summed E-state index contributed by atoms with van der Waals surface area (Å²) in [7, 11) is 0. The summed E-state index contributed by atoms with van der Waals surface area (Å²) in [5.41, 5.74) is 2.97. The second kappa shape index (κ2) is 7.28. The zero-order valence-corrected chi connectivity index (χ0v) is 15.2. The first-order valence-electron chi connectivity index (χ1n) is 8.25. The monoisotopic (exact) mass is 383 g/mol. The minimum atomic E-state index is -0.390. The summed E-state index contributed by atoms with van der Waals surface area (Å²) in [4.78, 5) is 18.4. The summed E-state index contributed by atoms with van der Waals surface area (Å²) in [6, 6.07) is 8.56. The number of aromatic nitrogens is 3. The van der Waals surface area contributed by atoms with Crippen molar-refractivity contribution in [2.45, 2.75) is 20.1 Å². The third kappa shape index (κ3) is 3.59. The van der Waals surface area contributed by atoms with Crippen LogP contribution in [0.15, 0.2) is 47.8 Å². The highest BCUT2D eigenvalue weighted by Gasteiger charge is 2.19. The molecule has 0 spiro atoms. The van der Waals surface area contributed by atoms with Crippen molar-refractivity contribution in [1.29, 1.82) is 0 Å². The minimum absolute atomic E-state index is 0.0474. The Bertz CT molecular complexity index is 1030. The van der Waals surface area contributed by atoms with Crippen molar-refractivity contribution >= 4 is 29.4 Å². The van der Waals surface area contributed by atoms with Crippen LogP contribution in [0, 0.1) is 12.7 Å². The SMILES string of the molecule is Cc1ccc(OCc2ncccc2F)cc1N1C=Nc2ncnc(Cl)c2C1. The molecule has 3 heterocycles. The van der Waals surface area contributed by atoms with Crippen LogP contribution >= 0.6 is 11.6 Å². The van der Waals surface area contributed by atoms with E-state index in [1.165, 1.54) is 18.6 Å². The van der Waals surface area contributed by atoms with Gasteiger partial charge in [-0.25, -0.2) is 19.4 Å². The fourth-order valence-electron chi connectivity index (χ4n) is 2.78. The van der Waals surface area contributed by atoms with E-state index >= 15 is 0 Å². The maximum absolute atomic E-state index is 13.7. The van der Waals surface area contributed by atoms with Gasteiger partial charge in [0, 0.05) is 18.0 Å². The fraction of sp³-hybridized carbons (Fsp3) is 0.158. The first-order chi connectivity index (χ1) is 13.1. The third-order valence-corrected chi connectivity index (χ3v) is 4.54.